The Bertz CT molecular complexity index is 155. The van der Waals surface area contributed by atoms with Crippen molar-refractivity contribution in [3.8, 4) is 0 Å². The van der Waals surface area contributed by atoms with E-state index < -0.39 is 0 Å². The molecule has 0 saturated carbocycles. The fourth-order valence-corrected chi connectivity index (χ4v) is 2.83. The summed E-state index contributed by atoms with van der Waals surface area (Å²) in [5.41, 5.74) is 0. The van der Waals surface area contributed by atoms with Gasteiger partial charge >= 0.3 is 18.9 Å². The van der Waals surface area contributed by atoms with Gasteiger partial charge in [-0.1, -0.05) is 117 Å². The van der Waals surface area contributed by atoms with Crippen molar-refractivity contribution in [1.82, 2.24) is 0 Å². The summed E-state index contributed by atoms with van der Waals surface area (Å²) in [6.07, 6.45) is 22.5. The summed E-state index contributed by atoms with van der Waals surface area (Å²) in [4.78, 5) is 0. The van der Waals surface area contributed by atoms with Crippen molar-refractivity contribution in [2.24, 2.45) is 0 Å². The van der Waals surface area contributed by atoms with Crippen molar-refractivity contribution in [3.05, 3.63) is 5.32 Å². The van der Waals surface area contributed by atoms with Crippen LogP contribution in [0, 0.1) is 0 Å². The van der Waals surface area contributed by atoms with Gasteiger partial charge < -0.3 is 5.32 Å². The van der Waals surface area contributed by atoms with E-state index in [0.29, 0.717) is 0 Å². The molecule has 0 rings (SSSR count). The third-order valence-electron chi connectivity index (χ3n) is 4.34. The Morgan fingerprint density at radius 1 is 0.409 bits per heavy atom. The van der Waals surface area contributed by atoms with Gasteiger partial charge in [0.25, 0.3) is 0 Å². The Balaban J connectivity index is 0. The maximum atomic E-state index is 4.67. The topological polar surface area (TPSA) is 14.1 Å². The molecule has 0 aliphatic rings. The average molecular weight is 304 g/mol. The maximum absolute atomic E-state index is 4.67. The third kappa shape index (κ3) is 22.8. The van der Waals surface area contributed by atoms with Crippen LogP contribution in [0.15, 0.2) is 0 Å². The molecule has 2 heteroatoms. The normalized spacial score (nSPS) is 10.6. The molecular weight excluding hydrogens is 261 g/mol. The molecule has 0 N–H and O–H groups in total. The first-order valence-electron chi connectivity index (χ1n) is 10.0. The number of nitrogens with zero attached hydrogens (tertiary/aromatic N) is 1. The summed E-state index contributed by atoms with van der Waals surface area (Å²) in [7, 11) is 0. The molecule has 0 atom stereocenters. The van der Waals surface area contributed by atoms with Gasteiger partial charge in [-0.3, -0.25) is 0 Å². The standard InChI is InChI=1S/C20H42N.Li/c1-3-5-7-9-11-13-15-17-19-21-20-18-16-14-12-10-8-6-4-2;/h3-20H2,1-2H3;/q-1;+1. The number of unbranched alkanes of at least 4 members (excludes halogenated alkanes) is 14. The molecule has 0 unspecified atom stereocenters. The average Bonchev–Trinajstić information content (AvgIpc) is 2.50. The summed E-state index contributed by atoms with van der Waals surface area (Å²) in [5, 5.41) is 4.67. The summed E-state index contributed by atoms with van der Waals surface area (Å²) in [6, 6.07) is 0. The molecule has 0 fully saturated rings. The molecule has 128 valence electrons. The van der Waals surface area contributed by atoms with Gasteiger partial charge in [0.05, 0.1) is 0 Å². The quantitative estimate of drug-likeness (QED) is 0.259. The van der Waals surface area contributed by atoms with Crippen molar-refractivity contribution in [3.63, 3.8) is 0 Å². The van der Waals surface area contributed by atoms with Crippen LogP contribution in [-0.4, -0.2) is 13.1 Å². The molecule has 0 aromatic heterocycles. The van der Waals surface area contributed by atoms with Crippen molar-refractivity contribution >= 4 is 0 Å². The minimum Gasteiger partial charge on any atom is -0.662 e. The van der Waals surface area contributed by atoms with Crippen LogP contribution in [0.1, 0.15) is 117 Å². The largest absolute Gasteiger partial charge is 1.00 e. The number of hydrogen-bond acceptors (Lipinski definition) is 0. The summed E-state index contributed by atoms with van der Waals surface area (Å²) >= 11 is 0. The SMILES string of the molecule is CCCCCCCCCC[N-]CCCCCCCCCC.[Li+]. The van der Waals surface area contributed by atoms with Crippen LogP contribution in [0.2, 0.25) is 0 Å². The molecule has 0 radical (unpaired) electrons. The Morgan fingerprint density at radius 2 is 0.682 bits per heavy atom. The van der Waals surface area contributed by atoms with Crippen LogP contribution in [0.5, 0.6) is 0 Å². The second-order valence-corrected chi connectivity index (χ2v) is 6.62. The van der Waals surface area contributed by atoms with Crippen molar-refractivity contribution < 1.29 is 18.9 Å². The van der Waals surface area contributed by atoms with Gasteiger partial charge in [-0.15, -0.1) is 13.1 Å². The van der Waals surface area contributed by atoms with E-state index in [4.69, 9.17) is 0 Å². The molecule has 0 aromatic carbocycles. The Labute approximate surface area is 154 Å². The Morgan fingerprint density at radius 3 is 1.00 bits per heavy atom. The minimum atomic E-state index is 0. The first kappa shape index (κ1) is 24.8. The van der Waals surface area contributed by atoms with E-state index in [2.05, 4.69) is 19.2 Å². The van der Waals surface area contributed by atoms with Crippen LogP contribution in [-0.2, 0) is 0 Å². The molecule has 1 nitrogen and oxygen atoms in total. The van der Waals surface area contributed by atoms with Crippen molar-refractivity contribution in [2.75, 3.05) is 13.1 Å². The predicted octanol–water partition coefficient (Wildman–Crippen LogP) is 4.65. The minimum absolute atomic E-state index is 0. The third-order valence-corrected chi connectivity index (χ3v) is 4.34. The van der Waals surface area contributed by atoms with E-state index in [0.717, 1.165) is 13.1 Å². The first-order chi connectivity index (χ1) is 10.4. The molecular formula is C20H42LiN. The monoisotopic (exact) mass is 303 g/mol. The molecule has 0 spiro atoms. The van der Waals surface area contributed by atoms with Gasteiger partial charge in [0.1, 0.15) is 0 Å². The molecule has 0 aliphatic carbocycles. The molecule has 0 heterocycles. The van der Waals surface area contributed by atoms with E-state index >= 15 is 0 Å². The van der Waals surface area contributed by atoms with Gasteiger partial charge in [0.2, 0.25) is 0 Å². The van der Waals surface area contributed by atoms with E-state index in [1.807, 2.05) is 0 Å². The fourth-order valence-electron chi connectivity index (χ4n) is 2.83. The van der Waals surface area contributed by atoms with Gasteiger partial charge in [0.15, 0.2) is 0 Å². The Kier molecular flexibility index (Phi) is 26.9. The predicted molar refractivity (Wildman–Crippen MR) is 98.3 cm³/mol. The first-order valence-corrected chi connectivity index (χ1v) is 10.0. The Hall–Kier alpha value is 0.557. The molecule has 0 saturated heterocycles. The van der Waals surface area contributed by atoms with Gasteiger partial charge in [0, 0.05) is 0 Å². The van der Waals surface area contributed by atoms with E-state index in [-0.39, 0.29) is 18.9 Å². The zero-order valence-corrected chi connectivity index (χ0v) is 16.2. The zero-order chi connectivity index (χ0) is 15.4. The number of rotatable bonds is 18. The van der Waals surface area contributed by atoms with E-state index in [1.54, 1.807) is 0 Å². The van der Waals surface area contributed by atoms with Crippen molar-refractivity contribution in [2.45, 2.75) is 117 Å². The summed E-state index contributed by atoms with van der Waals surface area (Å²) in [6.45, 7) is 6.80. The van der Waals surface area contributed by atoms with Crippen LogP contribution in [0.3, 0.4) is 0 Å². The second-order valence-electron chi connectivity index (χ2n) is 6.62. The van der Waals surface area contributed by atoms with E-state index in [9.17, 15) is 0 Å². The molecule has 0 bridgehead atoms. The van der Waals surface area contributed by atoms with Crippen molar-refractivity contribution in [1.29, 1.82) is 0 Å². The molecule has 0 amide bonds. The smallest absolute Gasteiger partial charge is 0.662 e. The maximum Gasteiger partial charge on any atom is 1.00 e. The molecule has 0 aromatic rings. The molecule has 22 heavy (non-hydrogen) atoms. The van der Waals surface area contributed by atoms with Crippen LogP contribution in [0.4, 0.5) is 0 Å². The summed E-state index contributed by atoms with van der Waals surface area (Å²) in [5.74, 6) is 0. The van der Waals surface area contributed by atoms with Crippen LogP contribution in [0.25, 0.3) is 5.32 Å². The van der Waals surface area contributed by atoms with Gasteiger partial charge in [-0.2, -0.15) is 0 Å². The zero-order valence-electron chi connectivity index (χ0n) is 16.2. The fraction of sp³-hybridized carbons (Fsp3) is 1.00. The van der Waals surface area contributed by atoms with Crippen LogP contribution >= 0.6 is 0 Å². The second kappa shape index (κ2) is 23.8. The summed E-state index contributed by atoms with van der Waals surface area (Å²) < 4.78 is 0. The van der Waals surface area contributed by atoms with Gasteiger partial charge in [-0.05, 0) is 0 Å². The van der Waals surface area contributed by atoms with E-state index in [1.165, 1.54) is 103 Å². The molecule has 0 aliphatic heterocycles. The van der Waals surface area contributed by atoms with Crippen LogP contribution < -0.4 is 18.9 Å². The number of hydrogen-bond donors (Lipinski definition) is 0. The van der Waals surface area contributed by atoms with Gasteiger partial charge in [-0.25, -0.2) is 0 Å².